The fourth-order valence-electron chi connectivity index (χ4n) is 4.63. The van der Waals surface area contributed by atoms with E-state index < -0.39 is 0 Å². The van der Waals surface area contributed by atoms with Crippen molar-refractivity contribution >= 4 is 33.1 Å². The number of halogens is 1. The summed E-state index contributed by atoms with van der Waals surface area (Å²) in [7, 11) is 4.02. The zero-order chi connectivity index (χ0) is 27.5. The van der Waals surface area contributed by atoms with E-state index in [2.05, 4.69) is 43.0 Å². The van der Waals surface area contributed by atoms with Gasteiger partial charge in [0.15, 0.2) is 0 Å². The van der Waals surface area contributed by atoms with Crippen molar-refractivity contribution in [3.05, 3.63) is 96.7 Å². The summed E-state index contributed by atoms with van der Waals surface area (Å²) in [6.07, 6.45) is 7.18. The maximum atomic E-state index is 14.6. The van der Waals surface area contributed by atoms with E-state index in [9.17, 15) is 4.39 Å². The van der Waals surface area contributed by atoms with Crippen LogP contribution >= 0.6 is 0 Å². The summed E-state index contributed by atoms with van der Waals surface area (Å²) in [4.78, 5) is 10.2. The van der Waals surface area contributed by atoms with Crippen molar-refractivity contribution in [2.45, 2.75) is 6.92 Å². The van der Waals surface area contributed by atoms with Crippen LogP contribution in [0.25, 0.3) is 49.9 Å². The molecule has 7 nitrogen and oxygen atoms in total. The van der Waals surface area contributed by atoms with Crippen LogP contribution in [0.1, 0.15) is 12.6 Å². The number of hydrogen-bond donors (Lipinski definition) is 4. The van der Waals surface area contributed by atoms with Gasteiger partial charge in [0, 0.05) is 40.8 Å². The van der Waals surface area contributed by atoms with E-state index >= 15 is 0 Å². The zero-order valence-electron chi connectivity index (χ0n) is 22.3. The Kier molecular flexibility index (Phi) is 7.29. The lowest BCUT2D eigenvalue weighted by Gasteiger charge is -2.13. The Morgan fingerprint density at radius 2 is 1.97 bits per heavy atom. The van der Waals surface area contributed by atoms with Gasteiger partial charge in [0.1, 0.15) is 11.5 Å². The minimum atomic E-state index is -0.281. The van der Waals surface area contributed by atoms with E-state index in [0.717, 1.165) is 74.4 Å². The predicted molar refractivity (Wildman–Crippen MR) is 160 cm³/mol. The first-order valence-electron chi connectivity index (χ1n) is 12.8. The van der Waals surface area contributed by atoms with Gasteiger partial charge in [0.2, 0.25) is 0 Å². The third-order valence-electron chi connectivity index (χ3n) is 6.63. The number of anilines is 1. The van der Waals surface area contributed by atoms with Crippen LogP contribution < -0.4 is 11.1 Å². The highest BCUT2D eigenvalue weighted by Crippen LogP contribution is 2.35. The fraction of sp³-hybridized carbons (Fsp3) is 0.161. The van der Waals surface area contributed by atoms with Crippen molar-refractivity contribution in [2.24, 2.45) is 5.73 Å². The summed E-state index contributed by atoms with van der Waals surface area (Å²) in [5.74, 6) is -0.281. The van der Waals surface area contributed by atoms with Gasteiger partial charge < -0.3 is 20.9 Å². The number of H-pyrrole nitrogens is 2. The van der Waals surface area contributed by atoms with Gasteiger partial charge in [0.05, 0.1) is 23.1 Å². The molecule has 0 atom stereocenters. The minimum Gasteiger partial charge on any atom is -0.399 e. The van der Waals surface area contributed by atoms with E-state index in [0.29, 0.717) is 5.70 Å². The molecule has 0 amide bonds. The van der Waals surface area contributed by atoms with Crippen LogP contribution in [0.4, 0.5) is 10.1 Å². The second-order valence-corrected chi connectivity index (χ2v) is 9.69. The van der Waals surface area contributed by atoms with Gasteiger partial charge >= 0.3 is 0 Å². The second kappa shape index (κ2) is 11.0. The highest BCUT2D eigenvalue weighted by atomic mass is 19.1. The van der Waals surface area contributed by atoms with Crippen molar-refractivity contribution in [1.29, 1.82) is 0 Å². The van der Waals surface area contributed by atoms with E-state index in [4.69, 9.17) is 5.73 Å². The minimum absolute atomic E-state index is 0.281. The number of hydrogen-bond acceptors (Lipinski definition) is 5. The topological polar surface area (TPSA) is 98.6 Å². The molecule has 3 heterocycles. The van der Waals surface area contributed by atoms with Crippen LogP contribution in [0.5, 0.6) is 0 Å². The molecule has 0 aliphatic carbocycles. The molecule has 5 N–H and O–H groups in total. The van der Waals surface area contributed by atoms with E-state index in [-0.39, 0.29) is 5.82 Å². The third-order valence-corrected chi connectivity index (χ3v) is 6.63. The molecule has 0 fully saturated rings. The molecule has 0 aliphatic heterocycles. The SMILES string of the molecule is C=C/C(N)=C\C(=C/C)c1cc2c(-c3cc4c(-c5cc(F)cc(NCCN(C)C)c5)cccc4[nH]3)n[nH]c2cn1. The monoisotopic (exact) mass is 521 g/mol. The number of allylic oxidation sites excluding steroid dienone is 4. The molecule has 5 rings (SSSR count). The van der Waals surface area contributed by atoms with Gasteiger partial charge in [-0.25, -0.2) is 4.39 Å². The van der Waals surface area contributed by atoms with Crippen LogP contribution in [0.3, 0.4) is 0 Å². The Bertz CT molecular complexity index is 1720. The molecule has 0 bridgehead atoms. The molecule has 0 unspecified atom stereocenters. The smallest absolute Gasteiger partial charge is 0.125 e. The van der Waals surface area contributed by atoms with Crippen LogP contribution in [0.15, 0.2) is 85.2 Å². The molecule has 0 saturated heterocycles. The van der Waals surface area contributed by atoms with Gasteiger partial charge in [-0.15, -0.1) is 0 Å². The standard InChI is InChI=1S/C31H32FN7/c1-5-19(13-22(33)6-2)28-17-26-30(18-35-28)37-38-31(26)29-16-25-24(8-7-9-27(25)36-29)20-12-21(32)15-23(14-20)34-10-11-39(3)4/h5-9,12-18,34,36H,2,10-11,33H2,1,3-4H3,(H,37,38)/b19-5+,22-13+. The molecule has 3 aromatic heterocycles. The lowest BCUT2D eigenvalue weighted by Crippen LogP contribution is -2.20. The lowest BCUT2D eigenvalue weighted by molar-refractivity contribution is 0.425. The number of aromatic amines is 2. The number of rotatable bonds is 9. The molecular formula is C31H32FN7. The number of pyridine rings is 1. The van der Waals surface area contributed by atoms with E-state index in [1.165, 1.54) is 6.07 Å². The van der Waals surface area contributed by atoms with Gasteiger partial charge in [-0.1, -0.05) is 24.8 Å². The highest BCUT2D eigenvalue weighted by molar-refractivity contribution is 6.01. The second-order valence-electron chi connectivity index (χ2n) is 9.69. The molecule has 198 valence electrons. The summed E-state index contributed by atoms with van der Waals surface area (Å²) < 4.78 is 14.6. The normalized spacial score (nSPS) is 12.5. The van der Waals surface area contributed by atoms with E-state index in [1.807, 2.05) is 63.5 Å². The number of nitrogens with zero attached hydrogens (tertiary/aromatic N) is 3. The van der Waals surface area contributed by atoms with Crippen molar-refractivity contribution in [3.8, 4) is 22.5 Å². The Labute approximate surface area is 226 Å². The van der Waals surface area contributed by atoms with Crippen LogP contribution in [-0.4, -0.2) is 52.3 Å². The molecule has 39 heavy (non-hydrogen) atoms. The van der Waals surface area contributed by atoms with Crippen LogP contribution in [0, 0.1) is 5.82 Å². The van der Waals surface area contributed by atoms with Gasteiger partial charge in [0.25, 0.3) is 0 Å². The maximum absolute atomic E-state index is 14.6. The van der Waals surface area contributed by atoms with E-state index in [1.54, 1.807) is 18.3 Å². The molecule has 0 radical (unpaired) electrons. The average molecular weight is 522 g/mol. The van der Waals surface area contributed by atoms with Gasteiger partial charge in [-0.3, -0.25) is 10.1 Å². The summed E-state index contributed by atoms with van der Waals surface area (Å²) in [5, 5.41) is 12.9. The number of fused-ring (bicyclic) bond motifs is 2. The Morgan fingerprint density at radius 3 is 2.74 bits per heavy atom. The summed E-state index contributed by atoms with van der Waals surface area (Å²) in [6.45, 7) is 7.25. The Balaban J connectivity index is 1.55. The largest absolute Gasteiger partial charge is 0.399 e. The molecular weight excluding hydrogens is 489 g/mol. The van der Waals surface area contributed by atoms with Crippen LogP contribution in [-0.2, 0) is 0 Å². The maximum Gasteiger partial charge on any atom is 0.125 e. The quantitative estimate of drug-likeness (QED) is 0.170. The zero-order valence-corrected chi connectivity index (χ0v) is 22.3. The molecule has 5 aromatic rings. The first kappa shape index (κ1) is 25.9. The van der Waals surface area contributed by atoms with Crippen molar-refractivity contribution < 1.29 is 4.39 Å². The third kappa shape index (κ3) is 5.46. The van der Waals surface area contributed by atoms with Gasteiger partial charge in [-0.05, 0) is 86.3 Å². The first-order valence-corrected chi connectivity index (χ1v) is 12.8. The molecule has 0 aliphatic rings. The first-order chi connectivity index (χ1) is 18.9. The summed E-state index contributed by atoms with van der Waals surface area (Å²) in [6, 6.07) is 15.2. The van der Waals surface area contributed by atoms with Crippen LogP contribution in [0.2, 0.25) is 0 Å². The Morgan fingerprint density at radius 1 is 1.13 bits per heavy atom. The number of nitrogens with one attached hydrogen (secondary N) is 3. The molecule has 0 saturated carbocycles. The van der Waals surface area contributed by atoms with Crippen molar-refractivity contribution in [1.82, 2.24) is 25.1 Å². The molecule has 0 spiro atoms. The molecule has 8 heteroatoms. The number of nitrogens with two attached hydrogens (primary N) is 1. The molecule has 2 aromatic carbocycles. The Hall–Kier alpha value is -4.69. The van der Waals surface area contributed by atoms with Gasteiger partial charge in [-0.2, -0.15) is 5.10 Å². The predicted octanol–water partition coefficient (Wildman–Crippen LogP) is 6.32. The fourth-order valence-corrected chi connectivity index (χ4v) is 4.63. The number of benzene rings is 2. The van der Waals surface area contributed by atoms with Crippen molar-refractivity contribution in [3.63, 3.8) is 0 Å². The lowest BCUT2D eigenvalue weighted by atomic mass is 10.0. The average Bonchev–Trinajstić information content (AvgIpc) is 3.54. The highest BCUT2D eigenvalue weighted by Gasteiger charge is 2.15. The summed E-state index contributed by atoms with van der Waals surface area (Å²) in [5.41, 5.74) is 14.1. The number of aromatic nitrogens is 4. The number of likely N-dealkylation sites (N-methyl/N-ethyl adjacent to an activating group) is 1. The van der Waals surface area contributed by atoms with Crippen molar-refractivity contribution in [2.75, 3.05) is 32.5 Å². The summed E-state index contributed by atoms with van der Waals surface area (Å²) >= 11 is 0.